The van der Waals surface area contributed by atoms with Gasteiger partial charge in [-0.05, 0) is 29.7 Å². The van der Waals surface area contributed by atoms with E-state index in [0.29, 0.717) is 5.57 Å². The molecule has 0 spiro atoms. The van der Waals surface area contributed by atoms with E-state index in [0.717, 1.165) is 16.7 Å². The highest BCUT2D eigenvalue weighted by Gasteiger charge is 2.17. The second kappa shape index (κ2) is 8.06. The minimum atomic E-state index is -0.297. The Bertz CT molecular complexity index is 758. The van der Waals surface area contributed by atoms with Gasteiger partial charge < -0.3 is 0 Å². The Hall–Kier alpha value is -2.94. The van der Waals surface area contributed by atoms with Crippen LogP contribution in [0.25, 0.3) is 17.2 Å². The van der Waals surface area contributed by atoms with E-state index in [4.69, 9.17) is 0 Å². The van der Waals surface area contributed by atoms with Gasteiger partial charge >= 0.3 is 0 Å². The molecule has 0 atom stereocenters. The molecule has 0 aliphatic heterocycles. The second-order valence-corrected chi connectivity index (χ2v) is 5.54. The van der Waals surface area contributed by atoms with Crippen LogP contribution in [-0.4, -0.2) is 23.3 Å². The van der Waals surface area contributed by atoms with E-state index in [-0.39, 0.29) is 18.4 Å². The van der Waals surface area contributed by atoms with Crippen molar-refractivity contribution in [1.29, 1.82) is 0 Å². The largest absolute Gasteiger partial charge is 0.275 e. The van der Waals surface area contributed by atoms with Crippen LogP contribution in [0.2, 0.25) is 0 Å². The summed E-state index contributed by atoms with van der Waals surface area (Å²) in [5.41, 5.74) is 3.70. The maximum absolute atomic E-state index is 12.4. The zero-order chi connectivity index (χ0) is 17.5. The summed E-state index contributed by atoms with van der Waals surface area (Å²) in [6.45, 7) is 6.89. The molecule has 2 rings (SSSR count). The predicted molar refractivity (Wildman–Crippen MR) is 98.1 cm³/mol. The van der Waals surface area contributed by atoms with Gasteiger partial charge in [-0.2, -0.15) is 0 Å². The summed E-state index contributed by atoms with van der Waals surface area (Å²) in [4.78, 5) is 25.1. The molecule has 0 bridgehead atoms. The minimum Gasteiger partial charge on any atom is -0.275 e. The number of carbonyl (C=O) groups is 2. The van der Waals surface area contributed by atoms with Gasteiger partial charge in [0.1, 0.15) is 0 Å². The number of rotatable bonds is 5. The maximum Gasteiger partial charge on any atom is 0.256 e. The van der Waals surface area contributed by atoms with Crippen LogP contribution in [0.3, 0.4) is 0 Å². The van der Waals surface area contributed by atoms with E-state index in [2.05, 4.69) is 18.7 Å². The number of nitrogens with zero attached hydrogens (tertiary/aromatic N) is 1. The Kier molecular flexibility index (Phi) is 5.85. The third kappa shape index (κ3) is 4.29. The molecular formula is C21H21NO2. The van der Waals surface area contributed by atoms with Crippen LogP contribution in [0.1, 0.15) is 19.4 Å². The summed E-state index contributed by atoms with van der Waals surface area (Å²) in [5, 5.41) is 0. The van der Waals surface area contributed by atoms with Crippen molar-refractivity contribution in [3.05, 3.63) is 78.4 Å². The topological polar surface area (TPSA) is 37.4 Å². The highest BCUT2D eigenvalue weighted by atomic mass is 16.2. The first-order valence-corrected chi connectivity index (χ1v) is 7.80. The third-order valence-corrected chi connectivity index (χ3v) is 3.68. The fourth-order valence-electron chi connectivity index (χ4n) is 2.41. The standard InChI is InChI=1S/C21H21NO2/c1-4-14-22(17(3)23)21(24)16(2)15-18-10-12-20(13-11-18)19-8-6-5-7-9-19/h4-13,15H,1,14H2,2-3H3/b16-15+. The van der Waals surface area contributed by atoms with Gasteiger partial charge in [-0.15, -0.1) is 6.58 Å². The zero-order valence-electron chi connectivity index (χ0n) is 14.0. The van der Waals surface area contributed by atoms with Crippen LogP contribution >= 0.6 is 0 Å². The van der Waals surface area contributed by atoms with E-state index >= 15 is 0 Å². The van der Waals surface area contributed by atoms with E-state index < -0.39 is 0 Å². The molecule has 3 nitrogen and oxygen atoms in total. The van der Waals surface area contributed by atoms with Crippen molar-refractivity contribution in [2.75, 3.05) is 6.54 Å². The van der Waals surface area contributed by atoms with Crippen LogP contribution in [0.15, 0.2) is 72.8 Å². The van der Waals surface area contributed by atoms with Gasteiger partial charge in [-0.25, -0.2) is 0 Å². The SMILES string of the molecule is C=CCN(C(C)=O)C(=O)/C(C)=C/c1ccc(-c2ccccc2)cc1. The number of carbonyl (C=O) groups excluding carboxylic acids is 2. The van der Waals surface area contributed by atoms with Crippen molar-refractivity contribution in [3.63, 3.8) is 0 Å². The summed E-state index contributed by atoms with van der Waals surface area (Å²) in [6.07, 6.45) is 3.33. The van der Waals surface area contributed by atoms with Gasteiger partial charge in [0.25, 0.3) is 5.91 Å². The van der Waals surface area contributed by atoms with Gasteiger partial charge in [0.15, 0.2) is 0 Å². The number of hydrogen-bond donors (Lipinski definition) is 0. The smallest absolute Gasteiger partial charge is 0.256 e. The second-order valence-electron chi connectivity index (χ2n) is 5.54. The first kappa shape index (κ1) is 17.4. The molecule has 2 amide bonds. The summed E-state index contributed by atoms with van der Waals surface area (Å²) in [7, 11) is 0. The Morgan fingerprint density at radius 1 is 0.958 bits per heavy atom. The average Bonchev–Trinajstić information content (AvgIpc) is 2.60. The van der Waals surface area contributed by atoms with Crippen LogP contribution in [-0.2, 0) is 9.59 Å². The van der Waals surface area contributed by atoms with Gasteiger partial charge in [-0.1, -0.05) is 60.7 Å². The van der Waals surface area contributed by atoms with Crippen molar-refractivity contribution in [3.8, 4) is 11.1 Å². The van der Waals surface area contributed by atoms with Crippen molar-refractivity contribution in [2.24, 2.45) is 0 Å². The van der Waals surface area contributed by atoms with Crippen molar-refractivity contribution in [2.45, 2.75) is 13.8 Å². The Labute approximate surface area is 142 Å². The molecule has 0 saturated carbocycles. The van der Waals surface area contributed by atoms with Crippen molar-refractivity contribution in [1.82, 2.24) is 4.90 Å². The van der Waals surface area contributed by atoms with Crippen LogP contribution in [0.4, 0.5) is 0 Å². The third-order valence-electron chi connectivity index (χ3n) is 3.68. The Morgan fingerprint density at radius 3 is 2.08 bits per heavy atom. The zero-order valence-corrected chi connectivity index (χ0v) is 14.0. The number of hydrogen-bond acceptors (Lipinski definition) is 2. The highest BCUT2D eigenvalue weighted by Crippen LogP contribution is 2.20. The summed E-state index contributed by atoms with van der Waals surface area (Å²) in [5.74, 6) is -0.582. The molecule has 122 valence electrons. The predicted octanol–water partition coefficient (Wildman–Crippen LogP) is 4.32. The monoisotopic (exact) mass is 319 g/mol. The lowest BCUT2D eigenvalue weighted by Gasteiger charge is -2.17. The molecule has 0 saturated heterocycles. The Balaban J connectivity index is 2.19. The van der Waals surface area contributed by atoms with E-state index in [9.17, 15) is 9.59 Å². The van der Waals surface area contributed by atoms with Crippen LogP contribution in [0, 0.1) is 0 Å². The molecule has 0 aromatic heterocycles. The molecule has 0 aliphatic rings. The first-order chi connectivity index (χ1) is 11.5. The number of benzene rings is 2. The molecule has 2 aromatic carbocycles. The first-order valence-electron chi connectivity index (χ1n) is 7.80. The highest BCUT2D eigenvalue weighted by molar-refractivity contribution is 6.05. The normalized spacial score (nSPS) is 11.0. The fraction of sp³-hybridized carbons (Fsp3) is 0.143. The summed E-state index contributed by atoms with van der Waals surface area (Å²) < 4.78 is 0. The lowest BCUT2D eigenvalue weighted by Crippen LogP contribution is -2.35. The molecule has 24 heavy (non-hydrogen) atoms. The van der Waals surface area contributed by atoms with Gasteiger partial charge in [0.05, 0.1) is 0 Å². The Morgan fingerprint density at radius 2 is 1.54 bits per heavy atom. The minimum absolute atomic E-state index is 0.215. The molecule has 0 fully saturated rings. The van der Waals surface area contributed by atoms with Crippen molar-refractivity contribution >= 4 is 17.9 Å². The van der Waals surface area contributed by atoms with Gasteiger partial charge in [0, 0.05) is 19.0 Å². The quantitative estimate of drug-likeness (QED) is 0.608. The van der Waals surface area contributed by atoms with Crippen molar-refractivity contribution < 1.29 is 9.59 Å². The summed E-state index contributed by atoms with van der Waals surface area (Å²) >= 11 is 0. The molecule has 3 heteroatoms. The molecule has 0 aliphatic carbocycles. The lowest BCUT2D eigenvalue weighted by atomic mass is 10.0. The van der Waals surface area contributed by atoms with E-state index in [1.165, 1.54) is 11.8 Å². The average molecular weight is 319 g/mol. The van der Waals surface area contributed by atoms with Crippen LogP contribution in [0.5, 0.6) is 0 Å². The fourth-order valence-corrected chi connectivity index (χ4v) is 2.41. The number of imide groups is 1. The van der Waals surface area contributed by atoms with E-state index in [1.54, 1.807) is 19.1 Å². The molecule has 0 N–H and O–H groups in total. The van der Waals surface area contributed by atoms with E-state index in [1.807, 2.05) is 42.5 Å². The van der Waals surface area contributed by atoms with Gasteiger partial charge in [-0.3, -0.25) is 14.5 Å². The summed E-state index contributed by atoms with van der Waals surface area (Å²) in [6, 6.07) is 18.1. The van der Waals surface area contributed by atoms with Gasteiger partial charge in [0.2, 0.25) is 5.91 Å². The molecule has 0 unspecified atom stereocenters. The van der Waals surface area contributed by atoms with Crippen LogP contribution < -0.4 is 0 Å². The molecule has 0 radical (unpaired) electrons. The molecular weight excluding hydrogens is 298 g/mol. The lowest BCUT2D eigenvalue weighted by molar-refractivity contribution is -0.140. The maximum atomic E-state index is 12.4. The molecule has 0 heterocycles. The number of amides is 2. The molecule has 2 aromatic rings.